The summed E-state index contributed by atoms with van der Waals surface area (Å²) in [6.07, 6.45) is -3.62. The van der Waals surface area contributed by atoms with Gasteiger partial charge in [-0.15, -0.1) is 9.42 Å². The summed E-state index contributed by atoms with van der Waals surface area (Å²) in [6, 6.07) is 0. The predicted molar refractivity (Wildman–Crippen MR) is 74.3 cm³/mol. The van der Waals surface area contributed by atoms with Gasteiger partial charge in [0.15, 0.2) is 23.5 Å². The van der Waals surface area contributed by atoms with E-state index in [-0.39, 0.29) is 17.1 Å². The molecule has 124 valence electrons. The van der Waals surface area contributed by atoms with Crippen LogP contribution in [0.1, 0.15) is 6.23 Å². The van der Waals surface area contributed by atoms with Gasteiger partial charge in [0.25, 0.3) is 5.56 Å². The van der Waals surface area contributed by atoms with E-state index in [4.69, 9.17) is 19.9 Å². The smallest absolute Gasteiger partial charge is 0.394 e. The molecule has 0 aromatic carbocycles. The number of aromatic amines is 1. The van der Waals surface area contributed by atoms with Crippen LogP contribution < -0.4 is 11.3 Å². The van der Waals surface area contributed by atoms with Crippen LogP contribution in [-0.2, 0) is 13.8 Å². The molecular weight excluding hydrogens is 333 g/mol. The van der Waals surface area contributed by atoms with Gasteiger partial charge in [0, 0.05) is 4.57 Å². The Morgan fingerprint density at radius 2 is 2.30 bits per heavy atom. The second-order valence-electron chi connectivity index (χ2n) is 4.82. The summed E-state index contributed by atoms with van der Waals surface area (Å²) in [6.45, 7) is -0.551. The molecule has 0 saturated carbocycles. The lowest BCUT2D eigenvalue weighted by atomic mass is 10.1. The van der Waals surface area contributed by atoms with Gasteiger partial charge in [-0.05, 0) is 0 Å². The fraction of sp³-hybridized carbons (Fsp3) is 0.500. The highest BCUT2D eigenvalue weighted by Crippen LogP contribution is 2.36. The van der Waals surface area contributed by atoms with Crippen LogP contribution in [0.4, 0.5) is 5.95 Å². The van der Waals surface area contributed by atoms with E-state index in [9.17, 15) is 19.6 Å². The molecule has 1 aliphatic heterocycles. The molecule has 5 atom stereocenters. The van der Waals surface area contributed by atoms with Crippen molar-refractivity contribution in [2.75, 3.05) is 12.3 Å². The van der Waals surface area contributed by atoms with Gasteiger partial charge in [-0.1, -0.05) is 0 Å². The normalized spacial score (nSPS) is 28.4. The molecule has 2 aromatic rings. The Bertz CT molecular complexity index is 806. The molecule has 6 N–H and O–H groups in total. The standard InChI is InChI=1S/C10H12N5O7P/c11-10-13-7-4(8(18)14-10)12-2-15(7)9-5(17)6(22-23(19)20)3(1-16)21-9/h2-3,5-6,9,16-17H,1H2,(H3-,11,13,14,18,19,20)/p+1. The number of nitrogens with one attached hydrogen (secondary N) is 1. The number of imidazole rings is 1. The lowest BCUT2D eigenvalue weighted by Crippen LogP contribution is -2.34. The summed E-state index contributed by atoms with van der Waals surface area (Å²) in [5, 5.41) is 19.6. The van der Waals surface area contributed by atoms with E-state index in [1.807, 2.05) is 0 Å². The number of hydrogen-bond donors (Lipinski definition) is 5. The molecule has 3 rings (SSSR count). The van der Waals surface area contributed by atoms with Crippen molar-refractivity contribution < 1.29 is 28.9 Å². The maximum absolute atomic E-state index is 11.7. The summed E-state index contributed by atoms with van der Waals surface area (Å²) >= 11 is 0. The lowest BCUT2D eigenvalue weighted by Gasteiger charge is -2.16. The van der Waals surface area contributed by atoms with Crippen LogP contribution in [0.5, 0.6) is 0 Å². The molecule has 3 heterocycles. The first-order valence-corrected chi connectivity index (χ1v) is 7.55. The highest BCUT2D eigenvalue weighted by atomic mass is 31.1. The minimum absolute atomic E-state index is 0.0202. The second-order valence-corrected chi connectivity index (χ2v) is 5.51. The Morgan fingerprint density at radius 1 is 1.57 bits per heavy atom. The van der Waals surface area contributed by atoms with E-state index >= 15 is 0 Å². The van der Waals surface area contributed by atoms with Crippen molar-refractivity contribution in [2.45, 2.75) is 24.5 Å². The summed E-state index contributed by atoms with van der Waals surface area (Å²) in [5.74, 6) is -0.151. The number of fused-ring (bicyclic) bond motifs is 1. The van der Waals surface area contributed by atoms with Crippen molar-refractivity contribution in [2.24, 2.45) is 0 Å². The summed E-state index contributed by atoms with van der Waals surface area (Å²) in [4.78, 5) is 30.7. The highest BCUT2D eigenvalue weighted by Gasteiger charge is 2.50. The van der Waals surface area contributed by atoms with Gasteiger partial charge in [-0.25, -0.2) is 4.98 Å². The average Bonchev–Trinajstić information content (AvgIpc) is 3.01. The molecule has 2 aromatic heterocycles. The monoisotopic (exact) mass is 346 g/mol. The highest BCUT2D eigenvalue weighted by molar-refractivity contribution is 7.32. The van der Waals surface area contributed by atoms with Crippen LogP contribution in [0.3, 0.4) is 0 Å². The SMILES string of the molecule is Nc1nc2c(ncn2C2OC(CO)C(O[P+](=O)O)C2O)c(=O)[nH]1. The predicted octanol–water partition coefficient (Wildman–Crippen LogP) is -2.01. The number of nitrogen functional groups attached to an aromatic ring is 1. The molecule has 0 amide bonds. The average molecular weight is 346 g/mol. The zero-order chi connectivity index (χ0) is 16.7. The first-order chi connectivity index (χ1) is 10.9. The maximum Gasteiger partial charge on any atom is 0.695 e. The van der Waals surface area contributed by atoms with Crippen molar-refractivity contribution in [3.63, 3.8) is 0 Å². The Balaban J connectivity index is 2.02. The third-order valence-electron chi connectivity index (χ3n) is 3.43. The van der Waals surface area contributed by atoms with Gasteiger partial charge in [0.2, 0.25) is 5.95 Å². The first kappa shape index (κ1) is 15.9. The Kier molecular flexibility index (Phi) is 4.10. The molecule has 0 radical (unpaired) electrons. The van der Waals surface area contributed by atoms with Gasteiger partial charge >= 0.3 is 8.25 Å². The molecule has 12 nitrogen and oxygen atoms in total. The van der Waals surface area contributed by atoms with Crippen LogP contribution in [0.2, 0.25) is 0 Å². The number of aliphatic hydroxyl groups is 2. The molecule has 0 aliphatic carbocycles. The number of hydrogen-bond acceptors (Lipinski definition) is 9. The number of H-pyrrole nitrogens is 1. The minimum atomic E-state index is -3.01. The number of nitrogens with zero attached hydrogens (tertiary/aromatic N) is 3. The zero-order valence-electron chi connectivity index (χ0n) is 11.4. The third kappa shape index (κ3) is 2.72. The van der Waals surface area contributed by atoms with Crippen molar-refractivity contribution in [1.82, 2.24) is 19.5 Å². The fourth-order valence-electron chi connectivity index (χ4n) is 2.46. The molecule has 13 heteroatoms. The van der Waals surface area contributed by atoms with E-state index in [1.54, 1.807) is 0 Å². The molecule has 1 aliphatic rings. The van der Waals surface area contributed by atoms with Crippen LogP contribution in [-0.4, -0.2) is 59.5 Å². The molecular formula is C10H13N5O7P+. The second kappa shape index (κ2) is 5.92. The fourth-order valence-corrected chi connectivity index (χ4v) is 2.93. The molecule has 0 bridgehead atoms. The van der Waals surface area contributed by atoms with E-state index in [2.05, 4.69) is 15.0 Å². The maximum atomic E-state index is 11.7. The van der Waals surface area contributed by atoms with Gasteiger partial charge < -0.3 is 20.7 Å². The molecule has 1 saturated heterocycles. The number of aliphatic hydroxyl groups excluding tert-OH is 2. The van der Waals surface area contributed by atoms with Crippen LogP contribution in [0.15, 0.2) is 11.1 Å². The lowest BCUT2D eigenvalue weighted by molar-refractivity contribution is -0.0504. The van der Waals surface area contributed by atoms with Gasteiger partial charge in [0.05, 0.1) is 12.9 Å². The summed E-state index contributed by atoms with van der Waals surface area (Å²) in [7, 11) is -3.01. The van der Waals surface area contributed by atoms with Crippen molar-refractivity contribution in [3.8, 4) is 0 Å². The number of aromatic nitrogens is 4. The topological polar surface area (TPSA) is 186 Å². The van der Waals surface area contributed by atoms with Gasteiger partial charge in [-0.3, -0.25) is 14.3 Å². The largest absolute Gasteiger partial charge is 0.695 e. The molecule has 23 heavy (non-hydrogen) atoms. The first-order valence-electron chi connectivity index (χ1n) is 6.42. The Labute approximate surface area is 128 Å². The summed E-state index contributed by atoms with van der Waals surface area (Å²) in [5.41, 5.74) is 4.96. The Morgan fingerprint density at radius 3 is 2.96 bits per heavy atom. The Hall–Kier alpha value is -1.95. The zero-order valence-corrected chi connectivity index (χ0v) is 12.3. The van der Waals surface area contributed by atoms with Gasteiger partial charge in [0.1, 0.15) is 12.2 Å². The number of rotatable bonds is 4. The minimum Gasteiger partial charge on any atom is -0.394 e. The van der Waals surface area contributed by atoms with Crippen LogP contribution in [0, 0.1) is 0 Å². The van der Waals surface area contributed by atoms with E-state index in [0.717, 1.165) is 0 Å². The summed E-state index contributed by atoms with van der Waals surface area (Å²) < 4.78 is 22.2. The quantitative estimate of drug-likeness (QED) is 0.387. The van der Waals surface area contributed by atoms with Crippen molar-refractivity contribution in [1.29, 1.82) is 0 Å². The van der Waals surface area contributed by atoms with Gasteiger partial charge in [-0.2, -0.15) is 4.98 Å². The van der Waals surface area contributed by atoms with Crippen LogP contribution in [0.25, 0.3) is 11.2 Å². The van der Waals surface area contributed by atoms with E-state index in [0.29, 0.717) is 0 Å². The van der Waals surface area contributed by atoms with Crippen LogP contribution >= 0.6 is 8.25 Å². The third-order valence-corrected chi connectivity index (χ3v) is 3.85. The van der Waals surface area contributed by atoms with Crippen molar-refractivity contribution >= 4 is 25.4 Å². The van der Waals surface area contributed by atoms with Crippen molar-refractivity contribution in [3.05, 3.63) is 16.7 Å². The number of anilines is 1. The molecule has 5 unspecified atom stereocenters. The number of ether oxygens (including phenoxy) is 1. The number of nitrogens with two attached hydrogens (primary N) is 1. The molecule has 1 fully saturated rings. The van der Waals surface area contributed by atoms with E-state index < -0.39 is 45.0 Å². The van der Waals surface area contributed by atoms with E-state index in [1.165, 1.54) is 10.9 Å². The molecule has 0 spiro atoms.